The van der Waals surface area contributed by atoms with Crippen molar-refractivity contribution in [1.82, 2.24) is 4.72 Å². The van der Waals surface area contributed by atoms with E-state index in [2.05, 4.69) is 4.72 Å². The Labute approximate surface area is 156 Å². The molecule has 1 aromatic carbocycles. The number of hydrogen-bond acceptors (Lipinski definition) is 4. The van der Waals surface area contributed by atoms with Crippen molar-refractivity contribution in [2.75, 3.05) is 11.4 Å². The Morgan fingerprint density at radius 3 is 2.56 bits per heavy atom. The molecule has 0 radical (unpaired) electrons. The Bertz CT molecular complexity index is 722. The van der Waals surface area contributed by atoms with Crippen LogP contribution in [0.15, 0.2) is 23.1 Å². The summed E-state index contributed by atoms with van der Waals surface area (Å²) in [4.78, 5) is 13.7. The molecule has 0 saturated carbocycles. The molecule has 1 amide bonds. The number of halogens is 1. The van der Waals surface area contributed by atoms with E-state index < -0.39 is 10.0 Å². The lowest BCUT2D eigenvalue weighted by Crippen LogP contribution is -2.41. The van der Waals surface area contributed by atoms with E-state index in [1.54, 1.807) is 23.1 Å². The molecule has 2 atom stereocenters. The molecule has 1 heterocycles. The molecule has 1 aliphatic heterocycles. The summed E-state index contributed by atoms with van der Waals surface area (Å²) in [7, 11) is -3.63. The second-order valence-electron chi connectivity index (χ2n) is 6.92. The van der Waals surface area contributed by atoms with Crippen molar-refractivity contribution in [1.29, 1.82) is 0 Å². The first kappa shape index (κ1) is 21.9. The van der Waals surface area contributed by atoms with Gasteiger partial charge in [-0.1, -0.05) is 13.8 Å². The van der Waals surface area contributed by atoms with Crippen molar-refractivity contribution in [3.63, 3.8) is 0 Å². The summed E-state index contributed by atoms with van der Waals surface area (Å²) in [5, 5.41) is 0. The van der Waals surface area contributed by atoms with Gasteiger partial charge in [0.05, 0.1) is 4.90 Å². The standard InChI is InChI=1S/C17H27N3O3S.ClH/c1-11(2)7-15(10-18)19-24(22,23)16-5-6-17-14(9-16)8-12(3)20(17)13(4)21;/h5-6,9,11-12,15,19H,7-8,10,18H2,1-4H3;1H. The van der Waals surface area contributed by atoms with Gasteiger partial charge in [0.2, 0.25) is 15.9 Å². The summed E-state index contributed by atoms with van der Waals surface area (Å²) in [5.41, 5.74) is 7.38. The maximum atomic E-state index is 12.6. The van der Waals surface area contributed by atoms with E-state index >= 15 is 0 Å². The van der Waals surface area contributed by atoms with Gasteiger partial charge in [-0.05, 0) is 49.4 Å². The molecule has 0 saturated heterocycles. The highest BCUT2D eigenvalue weighted by atomic mass is 35.5. The van der Waals surface area contributed by atoms with E-state index in [0.717, 1.165) is 11.3 Å². The van der Waals surface area contributed by atoms with Crippen molar-refractivity contribution in [3.8, 4) is 0 Å². The van der Waals surface area contributed by atoms with Gasteiger partial charge in [-0.15, -0.1) is 12.4 Å². The zero-order chi connectivity index (χ0) is 18.1. The number of anilines is 1. The fourth-order valence-electron chi connectivity index (χ4n) is 3.30. The summed E-state index contributed by atoms with van der Waals surface area (Å²) < 4.78 is 28.0. The van der Waals surface area contributed by atoms with Gasteiger partial charge in [0, 0.05) is 31.2 Å². The number of nitrogens with one attached hydrogen (secondary N) is 1. The number of fused-ring (bicyclic) bond motifs is 1. The van der Waals surface area contributed by atoms with Crippen molar-refractivity contribution >= 4 is 34.0 Å². The summed E-state index contributed by atoms with van der Waals surface area (Å²) in [5.74, 6) is 0.321. The molecule has 2 unspecified atom stereocenters. The summed E-state index contributed by atoms with van der Waals surface area (Å²) in [6.45, 7) is 7.81. The van der Waals surface area contributed by atoms with Crippen LogP contribution in [0.5, 0.6) is 0 Å². The second kappa shape index (κ2) is 8.49. The minimum Gasteiger partial charge on any atom is -0.329 e. The molecule has 0 aliphatic carbocycles. The Kier molecular flexibility index (Phi) is 7.43. The smallest absolute Gasteiger partial charge is 0.240 e. The van der Waals surface area contributed by atoms with E-state index in [4.69, 9.17) is 5.73 Å². The zero-order valence-electron chi connectivity index (χ0n) is 15.2. The van der Waals surface area contributed by atoms with Gasteiger partial charge in [-0.25, -0.2) is 13.1 Å². The third kappa shape index (κ3) is 4.94. The predicted octanol–water partition coefficient (Wildman–Crippen LogP) is 2.06. The quantitative estimate of drug-likeness (QED) is 0.778. The number of benzene rings is 1. The molecular formula is C17H28ClN3O3S. The van der Waals surface area contributed by atoms with Gasteiger partial charge in [0.15, 0.2) is 0 Å². The maximum Gasteiger partial charge on any atom is 0.240 e. The molecule has 0 spiro atoms. The van der Waals surface area contributed by atoms with Crippen molar-refractivity contribution in [3.05, 3.63) is 23.8 Å². The fraction of sp³-hybridized carbons (Fsp3) is 0.588. The molecule has 3 N–H and O–H groups in total. The minimum absolute atomic E-state index is 0. The molecule has 142 valence electrons. The minimum atomic E-state index is -3.63. The topological polar surface area (TPSA) is 92.5 Å². The third-order valence-corrected chi connectivity index (χ3v) is 5.80. The molecular weight excluding hydrogens is 362 g/mol. The highest BCUT2D eigenvalue weighted by Crippen LogP contribution is 2.33. The Morgan fingerprint density at radius 1 is 1.40 bits per heavy atom. The zero-order valence-corrected chi connectivity index (χ0v) is 16.8. The Hall–Kier alpha value is -1.15. The molecule has 0 fully saturated rings. The molecule has 1 aromatic rings. The number of nitrogens with two attached hydrogens (primary N) is 1. The monoisotopic (exact) mass is 389 g/mol. The van der Waals surface area contributed by atoms with Crippen LogP contribution >= 0.6 is 12.4 Å². The van der Waals surface area contributed by atoms with Crippen LogP contribution < -0.4 is 15.4 Å². The predicted molar refractivity (Wildman–Crippen MR) is 103 cm³/mol. The normalized spacial score (nSPS) is 18.0. The van der Waals surface area contributed by atoms with Crippen LogP contribution in [0, 0.1) is 5.92 Å². The van der Waals surface area contributed by atoms with Gasteiger partial charge < -0.3 is 10.6 Å². The molecule has 6 nitrogen and oxygen atoms in total. The van der Waals surface area contributed by atoms with Crippen LogP contribution in [-0.2, 0) is 21.2 Å². The van der Waals surface area contributed by atoms with E-state index in [9.17, 15) is 13.2 Å². The molecule has 0 aromatic heterocycles. The van der Waals surface area contributed by atoms with Crippen LogP contribution in [-0.4, -0.2) is 33.0 Å². The number of carbonyl (C=O) groups excluding carboxylic acids is 1. The van der Waals surface area contributed by atoms with Gasteiger partial charge in [-0.2, -0.15) is 0 Å². The SMILES string of the molecule is CC(=O)N1c2ccc(S(=O)(=O)NC(CN)CC(C)C)cc2CC1C.Cl. The number of amides is 1. The molecule has 1 aliphatic rings. The summed E-state index contributed by atoms with van der Waals surface area (Å²) in [6.07, 6.45) is 1.35. The third-order valence-electron chi connectivity index (χ3n) is 4.28. The first-order chi connectivity index (χ1) is 11.2. The van der Waals surface area contributed by atoms with Gasteiger partial charge >= 0.3 is 0 Å². The lowest BCUT2D eigenvalue weighted by atomic mass is 10.1. The van der Waals surface area contributed by atoms with Crippen LogP contribution in [0.25, 0.3) is 0 Å². The molecule has 8 heteroatoms. The van der Waals surface area contributed by atoms with Crippen LogP contribution in [0.4, 0.5) is 5.69 Å². The Balaban J connectivity index is 0.00000312. The lowest BCUT2D eigenvalue weighted by molar-refractivity contribution is -0.116. The van der Waals surface area contributed by atoms with E-state index in [1.165, 1.54) is 6.92 Å². The van der Waals surface area contributed by atoms with E-state index in [1.807, 2.05) is 20.8 Å². The number of carbonyl (C=O) groups is 1. The van der Waals surface area contributed by atoms with Crippen molar-refractivity contribution in [2.24, 2.45) is 11.7 Å². The number of rotatable bonds is 6. The average molecular weight is 390 g/mol. The van der Waals surface area contributed by atoms with Crippen LogP contribution in [0.2, 0.25) is 0 Å². The average Bonchev–Trinajstić information content (AvgIpc) is 2.80. The largest absolute Gasteiger partial charge is 0.329 e. The highest BCUT2D eigenvalue weighted by Gasteiger charge is 2.30. The number of sulfonamides is 1. The van der Waals surface area contributed by atoms with Crippen LogP contribution in [0.1, 0.15) is 39.7 Å². The number of hydrogen-bond donors (Lipinski definition) is 2. The van der Waals surface area contributed by atoms with Gasteiger partial charge in [0.25, 0.3) is 0 Å². The highest BCUT2D eigenvalue weighted by molar-refractivity contribution is 7.89. The maximum absolute atomic E-state index is 12.6. The van der Waals surface area contributed by atoms with Gasteiger partial charge in [-0.3, -0.25) is 4.79 Å². The lowest BCUT2D eigenvalue weighted by Gasteiger charge is -2.21. The van der Waals surface area contributed by atoms with Crippen molar-refractivity contribution in [2.45, 2.75) is 57.5 Å². The van der Waals surface area contributed by atoms with E-state index in [0.29, 0.717) is 18.8 Å². The summed E-state index contributed by atoms with van der Waals surface area (Å²) >= 11 is 0. The van der Waals surface area contributed by atoms with Gasteiger partial charge in [0.1, 0.15) is 0 Å². The molecule has 25 heavy (non-hydrogen) atoms. The Morgan fingerprint density at radius 2 is 2.04 bits per heavy atom. The molecule has 2 rings (SSSR count). The fourth-order valence-corrected chi connectivity index (χ4v) is 4.62. The second-order valence-corrected chi connectivity index (χ2v) is 8.63. The summed E-state index contributed by atoms with van der Waals surface area (Å²) in [6, 6.07) is 4.70. The van der Waals surface area contributed by atoms with Crippen molar-refractivity contribution < 1.29 is 13.2 Å². The molecule has 0 bridgehead atoms. The number of nitrogens with zero attached hydrogens (tertiary/aromatic N) is 1. The van der Waals surface area contributed by atoms with Crippen LogP contribution in [0.3, 0.4) is 0 Å². The first-order valence-corrected chi connectivity index (χ1v) is 9.79. The first-order valence-electron chi connectivity index (χ1n) is 8.30. The van der Waals surface area contributed by atoms with E-state index in [-0.39, 0.29) is 41.8 Å².